The smallest absolute Gasteiger partial charge is 0.320 e. The lowest BCUT2D eigenvalue weighted by Crippen LogP contribution is -2.59. The van der Waals surface area contributed by atoms with Gasteiger partial charge in [-0.3, -0.25) is 9.69 Å². The van der Waals surface area contributed by atoms with Crippen LogP contribution < -0.4 is 0 Å². The van der Waals surface area contributed by atoms with Crippen LogP contribution in [-0.4, -0.2) is 88.6 Å². The first kappa shape index (κ1) is 16.4. The molecule has 7 heteroatoms. The fraction of sp³-hybridized carbons (Fsp3) is 0.857. The van der Waals surface area contributed by atoms with Crippen molar-refractivity contribution >= 4 is 23.8 Å². The van der Waals surface area contributed by atoms with E-state index in [0.29, 0.717) is 12.6 Å². The summed E-state index contributed by atoms with van der Waals surface area (Å²) in [7, 11) is 2.10. The van der Waals surface area contributed by atoms with Crippen LogP contribution in [0.1, 0.15) is 19.8 Å². The van der Waals surface area contributed by atoms with Crippen molar-refractivity contribution in [3.8, 4) is 0 Å². The quantitative estimate of drug-likeness (QED) is 0.842. The molecule has 2 fully saturated rings. The Bertz CT molecular complexity index is 394. The number of carboxylic acid groups (broad SMARTS) is 1. The van der Waals surface area contributed by atoms with Gasteiger partial charge in [-0.2, -0.15) is 11.8 Å². The Kier molecular flexibility index (Phi) is 5.75. The molecule has 0 spiro atoms. The molecule has 0 bridgehead atoms. The number of hydrogen-bond acceptors (Lipinski definition) is 4. The van der Waals surface area contributed by atoms with E-state index in [9.17, 15) is 9.59 Å². The van der Waals surface area contributed by atoms with Gasteiger partial charge >= 0.3 is 12.0 Å². The van der Waals surface area contributed by atoms with Crippen molar-refractivity contribution in [2.24, 2.45) is 0 Å². The molecule has 2 aliphatic heterocycles. The fourth-order valence-corrected chi connectivity index (χ4v) is 4.08. The second-order valence-electron chi connectivity index (χ2n) is 5.79. The van der Waals surface area contributed by atoms with Crippen molar-refractivity contribution in [1.82, 2.24) is 14.7 Å². The predicted molar refractivity (Wildman–Crippen MR) is 83.7 cm³/mol. The van der Waals surface area contributed by atoms with Crippen molar-refractivity contribution in [3.05, 3.63) is 0 Å². The summed E-state index contributed by atoms with van der Waals surface area (Å²) >= 11 is 1.73. The van der Waals surface area contributed by atoms with Crippen LogP contribution >= 0.6 is 11.8 Å². The molecule has 0 aromatic carbocycles. The predicted octanol–water partition coefficient (Wildman–Crippen LogP) is 1.02. The highest BCUT2D eigenvalue weighted by molar-refractivity contribution is 7.99. The SMILES string of the molecule is CCC1CN(C(=O)N2CCSCC2CC(=O)O)CCN1C. The van der Waals surface area contributed by atoms with Crippen LogP contribution in [0.5, 0.6) is 0 Å². The summed E-state index contributed by atoms with van der Waals surface area (Å²) in [6.45, 7) is 5.16. The molecule has 21 heavy (non-hydrogen) atoms. The normalized spacial score (nSPS) is 27.7. The van der Waals surface area contributed by atoms with Crippen molar-refractivity contribution in [2.45, 2.75) is 31.8 Å². The number of rotatable bonds is 3. The molecule has 2 atom stereocenters. The minimum Gasteiger partial charge on any atom is -0.481 e. The number of carboxylic acids is 1. The van der Waals surface area contributed by atoms with Crippen LogP contribution in [0, 0.1) is 0 Å². The Hall–Kier alpha value is -0.950. The number of hydrogen-bond donors (Lipinski definition) is 1. The second-order valence-corrected chi connectivity index (χ2v) is 6.94. The average molecular weight is 315 g/mol. The third-order valence-corrected chi connectivity index (χ3v) is 5.49. The summed E-state index contributed by atoms with van der Waals surface area (Å²) in [6.07, 6.45) is 1.07. The topological polar surface area (TPSA) is 64.1 Å². The first-order valence-corrected chi connectivity index (χ1v) is 8.73. The third-order valence-electron chi connectivity index (χ3n) is 4.40. The van der Waals surface area contributed by atoms with Gasteiger partial charge < -0.3 is 14.9 Å². The summed E-state index contributed by atoms with van der Waals surface area (Å²) < 4.78 is 0. The summed E-state index contributed by atoms with van der Waals surface area (Å²) in [4.78, 5) is 29.7. The van der Waals surface area contributed by atoms with E-state index in [1.165, 1.54) is 0 Å². The molecule has 2 saturated heterocycles. The first-order valence-electron chi connectivity index (χ1n) is 7.58. The van der Waals surface area contributed by atoms with E-state index < -0.39 is 5.97 Å². The zero-order chi connectivity index (χ0) is 15.4. The molecule has 0 aliphatic carbocycles. The van der Waals surface area contributed by atoms with Gasteiger partial charge in [0.05, 0.1) is 12.5 Å². The van der Waals surface area contributed by atoms with E-state index in [-0.39, 0.29) is 18.5 Å². The van der Waals surface area contributed by atoms with Gasteiger partial charge in [0, 0.05) is 43.7 Å². The third kappa shape index (κ3) is 4.03. The molecular weight excluding hydrogens is 290 g/mol. The van der Waals surface area contributed by atoms with Gasteiger partial charge in [-0.1, -0.05) is 6.92 Å². The minimum absolute atomic E-state index is 0.0214. The molecule has 0 aromatic rings. The molecule has 2 aliphatic rings. The van der Waals surface area contributed by atoms with Crippen molar-refractivity contribution < 1.29 is 14.7 Å². The molecule has 2 rings (SSSR count). The van der Waals surface area contributed by atoms with E-state index in [4.69, 9.17) is 5.11 Å². The van der Waals surface area contributed by atoms with Gasteiger partial charge in [-0.05, 0) is 13.5 Å². The maximum absolute atomic E-state index is 12.7. The Morgan fingerprint density at radius 2 is 2.00 bits per heavy atom. The number of aliphatic carboxylic acids is 1. The van der Waals surface area contributed by atoms with Crippen molar-refractivity contribution in [1.29, 1.82) is 0 Å². The Morgan fingerprint density at radius 1 is 1.24 bits per heavy atom. The monoisotopic (exact) mass is 315 g/mol. The molecule has 0 saturated carbocycles. The zero-order valence-corrected chi connectivity index (χ0v) is 13.6. The second kappa shape index (κ2) is 7.35. The zero-order valence-electron chi connectivity index (χ0n) is 12.8. The number of urea groups is 1. The van der Waals surface area contributed by atoms with E-state index in [1.807, 2.05) is 4.90 Å². The lowest BCUT2D eigenvalue weighted by molar-refractivity contribution is -0.138. The van der Waals surface area contributed by atoms with Crippen LogP contribution in [-0.2, 0) is 4.79 Å². The lowest BCUT2D eigenvalue weighted by atomic mass is 10.1. The van der Waals surface area contributed by atoms with Crippen molar-refractivity contribution in [2.75, 3.05) is 44.7 Å². The summed E-state index contributed by atoms with van der Waals surface area (Å²) in [5.74, 6) is 0.792. The Morgan fingerprint density at radius 3 is 2.67 bits per heavy atom. The molecule has 2 heterocycles. The number of piperazine rings is 1. The molecule has 2 unspecified atom stereocenters. The molecule has 0 aromatic heterocycles. The highest BCUT2D eigenvalue weighted by Crippen LogP contribution is 2.22. The summed E-state index contributed by atoms with van der Waals surface area (Å²) in [6, 6.07) is 0.251. The van der Waals surface area contributed by atoms with Crippen molar-refractivity contribution in [3.63, 3.8) is 0 Å². The number of nitrogens with zero attached hydrogens (tertiary/aromatic N) is 3. The average Bonchev–Trinajstić information content (AvgIpc) is 2.47. The van der Waals surface area contributed by atoms with E-state index in [1.54, 1.807) is 16.7 Å². The largest absolute Gasteiger partial charge is 0.481 e. The molecular formula is C14H25N3O3S. The first-order chi connectivity index (χ1) is 10.0. The summed E-state index contributed by atoms with van der Waals surface area (Å²) in [5.41, 5.74) is 0. The van der Waals surface area contributed by atoms with Gasteiger partial charge in [0.25, 0.3) is 0 Å². The maximum atomic E-state index is 12.7. The van der Waals surface area contributed by atoms with Gasteiger partial charge in [-0.25, -0.2) is 4.79 Å². The van der Waals surface area contributed by atoms with Crippen LogP contribution in [0.2, 0.25) is 0 Å². The highest BCUT2D eigenvalue weighted by atomic mass is 32.2. The fourth-order valence-electron chi connectivity index (χ4n) is 3.02. The van der Waals surface area contributed by atoms with Gasteiger partial charge in [0.2, 0.25) is 0 Å². The Balaban J connectivity index is 2.01. The number of amides is 2. The van der Waals surface area contributed by atoms with E-state index in [0.717, 1.165) is 37.6 Å². The number of carbonyl (C=O) groups is 2. The maximum Gasteiger partial charge on any atom is 0.320 e. The standard InChI is InChI=1S/C14H25N3O3S/c1-3-11-9-16(5-4-15(11)2)14(20)17-6-7-21-10-12(17)8-13(18)19/h11-12H,3-10H2,1-2H3,(H,18,19). The number of likely N-dealkylation sites (N-methyl/N-ethyl adjacent to an activating group) is 1. The molecule has 2 amide bonds. The van der Waals surface area contributed by atoms with E-state index in [2.05, 4.69) is 18.9 Å². The van der Waals surface area contributed by atoms with Crippen LogP contribution in [0.4, 0.5) is 4.79 Å². The van der Waals surface area contributed by atoms with Crippen LogP contribution in [0.15, 0.2) is 0 Å². The van der Waals surface area contributed by atoms with Gasteiger partial charge in [-0.15, -0.1) is 0 Å². The number of carbonyl (C=O) groups excluding carboxylic acids is 1. The van der Waals surface area contributed by atoms with E-state index >= 15 is 0 Å². The molecule has 0 radical (unpaired) electrons. The molecule has 120 valence electrons. The lowest BCUT2D eigenvalue weighted by Gasteiger charge is -2.43. The Labute approximate surface area is 130 Å². The van der Waals surface area contributed by atoms with Crippen LogP contribution in [0.3, 0.4) is 0 Å². The highest BCUT2D eigenvalue weighted by Gasteiger charge is 2.34. The summed E-state index contributed by atoms with van der Waals surface area (Å²) in [5, 5.41) is 9.02. The van der Waals surface area contributed by atoms with Gasteiger partial charge in [0.15, 0.2) is 0 Å². The molecule has 6 nitrogen and oxygen atoms in total. The van der Waals surface area contributed by atoms with Crippen LogP contribution in [0.25, 0.3) is 0 Å². The number of thioether (sulfide) groups is 1. The minimum atomic E-state index is -0.829. The van der Waals surface area contributed by atoms with Gasteiger partial charge in [0.1, 0.15) is 0 Å². The molecule has 1 N–H and O–H groups in total.